The number of rotatable bonds is 8. The molecule has 0 bridgehead atoms. The average Bonchev–Trinajstić information content (AvgIpc) is 2.17. The van der Waals surface area contributed by atoms with E-state index < -0.39 is 5.97 Å². The summed E-state index contributed by atoms with van der Waals surface area (Å²) in [6.07, 6.45) is 6.50. The minimum atomic E-state index is -1.05. The Morgan fingerprint density at radius 3 is 2.60 bits per heavy atom. The van der Waals surface area contributed by atoms with Crippen molar-refractivity contribution in [3.05, 3.63) is 12.2 Å². The monoisotopic (exact) mass is 214 g/mol. The summed E-state index contributed by atoms with van der Waals surface area (Å²) in [7, 11) is 0. The van der Waals surface area contributed by atoms with Gasteiger partial charge in [0.2, 0.25) is 0 Å². The SMILES string of the molecule is CCCCCCOC(=O)C/C=C/C(=O)O. The lowest BCUT2D eigenvalue weighted by Crippen LogP contribution is -2.04. The first-order chi connectivity index (χ1) is 7.16. The summed E-state index contributed by atoms with van der Waals surface area (Å²) < 4.78 is 4.89. The van der Waals surface area contributed by atoms with Crippen LogP contribution in [0.25, 0.3) is 0 Å². The van der Waals surface area contributed by atoms with E-state index in [0.29, 0.717) is 6.61 Å². The van der Waals surface area contributed by atoms with Crippen molar-refractivity contribution in [1.29, 1.82) is 0 Å². The summed E-state index contributed by atoms with van der Waals surface area (Å²) in [6, 6.07) is 0. The second kappa shape index (κ2) is 9.24. The van der Waals surface area contributed by atoms with Gasteiger partial charge in [-0.25, -0.2) is 4.79 Å². The Hall–Kier alpha value is -1.32. The van der Waals surface area contributed by atoms with Gasteiger partial charge in [0.05, 0.1) is 13.0 Å². The Kier molecular flexibility index (Phi) is 8.43. The van der Waals surface area contributed by atoms with Crippen LogP contribution in [0.1, 0.15) is 39.0 Å². The first-order valence-corrected chi connectivity index (χ1v) is 5.22. The standard InChI is InChI=1S/C11H18O4/c1-2-3-4-5-9-15-11(14)8-6-7-10(12)13/h6-7H,2-5,8-9H2,1H3,(H,12,13)/b7-6+. The first kappa shape index (κ1) is 13.7. The second-order valence-electron chi connectivity index (χ2n) is 3.23. The smallest absolute Gasteiger partial charge is 0.327 e. The van der Waals surface area contributed by atoms with E-state index in [1.54, 1.807) is 0 Å². The van der Waals surface area contributed by atoms with Gasteiger partial charge in [0.25, 0.3) is 0 Å². The fourth-order valence-electron chi connectivity index (χ4n) is 1.03. The highest BCUT2D eigenvalue weighted by Crippen LogP contribution is 1.99. The first-order valence-electron chi connectivity index (χ1n) is 5.22. The molecule has 0 aliphatic heterocycles. The summed E-state index contributed by atoms with van der Waals surface area (Å²) in [5, 5.41) is 8.26. The summed E-state index contributed by atoms with van der Waals surface area (Å²) in [4.78, 5) is 21.1. The van der Waals surface area contributed by atoms with Crippen LogP contribution in [0.3, 0.4) is 0 Å². The second-order valence-corrected chi connectivity index (χ2v) is 3.23. The van der Waals surface area contributed by atoms with Gasteiger partial charge in [0, 0.05) is 6.08 Å². The topological polar surface area (TPSA) is 63.6 Å². The number of aliphatic carboxylic acids is 1. The lowest BCUT2D eigenvalue weighted by atomic mass is 10.2. The van der Waals surface area contributed by atoms with Crippen LogP contribution < -0.4 is 0 Å². The van der Waals surface area contributed by atoms with Crippen molar-refractivity contribution in [2.75, 3.05) is 6.61 Å². The predicted octanol–water partition coefficient (Wildman–Crippen LogP) is 2.14. The van der Waals surface area contributed by atoms with E-state index in [4.69, 9.17) is 9.84 Å². The fraction of sp³-hybridized carbons (Fsp3) is 0.636. The molecule has 4 heteroatoms. The molecule has 0 saturated carbocycles. The van der Waals surface area contributed by atoms with Crippen LogP contribution in [0.4, 0.5) is 0 Å². The maximum atomic E-state index is 11.0. The third kappa shape index (κ3) is 10.6. The molecule has 15 heavy (non-hydrogen) atoms. The number of ether oxygens (including phenoxy) is 1. The molecule has 0 aromatic rings. The van der Waals surface area contributed by atoms with Gasteiger partial charge in [-0.15, -0.1) is 0 Å². The molecule has 0 saturated heterocycles. The van der Waals surface area contributed by atoms with Crippen LogP contribution in [0.15, 0.2) is 12.2 Å². The third-order valence-corrected chi connectivity index (χ3v) is 1.81. The van der Waals surface area contributed by atoms with Crippen molar-refractivity contribution in [2.24, 2.45) is 0 Å². The van der Waals surface area contributed by atoms with Gasteiger partial charge in [0.15, 0.2) is 0 Å². The summed E-state index contributed by atoms with van der Waals surface area (Å²) in [5.41, 5.74) is 0. The molecule has 0 spiro atoms. The molecule has 0 atom stereocenters. The highest BCUT2D eigenvalue weighted by molar-refractivity contribution is 5.81. The van der Waals surface area contributed by atoms with E-state index in [2.05, 4.69) is 6.92 Å². The lowest BCUT2D eigenvalue weighted by Gasteiger charge is -2.01. The van der Waals surface area contributed by atoms with Gasteiger partial charge < -0.3 is 9.84 Å². The quantitative estimate of drug-likeness (QED) is 0.382. The number of unbranched alkanes of at least 4 members (excludes halogenated alkanes) is 3. The lowest BCUT2D eigenvalue weighted by molar-refractivity contribution is -0.142. The minimum absolute atomic E-state index is 0.0279. The maximum absolute atomic E-state index is 11.0. The highest BCUT2D eigenvalue weighted by Gasteiger charge is 1.99. The van der Waals surface area contributed by atoms with Crippen molar-refractivity contribution in [1.82, 2.24) is 0 Å². The molecule has 0 aromatic carbocycles. The van der Waals surface area contributed by atoms with Crippen molar-refractivity contribution in [3.63, 3.8) is 0 Å². The van der Waals surface area contributed by atoms with Crippen molar-refractivity contribution in [2.45, 2.75) is 39.0 Å². The van der Waals surface area contributed by atoms with Gasteiger partial charge in [0.1, 0.15) is 0 Å². The van der Waals surface area contributed by atoms with Gasteiger partial charge in [-0.3, -0.25) is 4.79 Å². The molecule has 86 valence electrons. The Labute approximate surface area is 89.9 Å². The van der Waals surface area contributed by atoms with Gasteiger partial charge in [-0.2, -0.15) is 0 Å². The predicted molar refractivity (Wildman–Crippen MR) is 56.5 cm³/mol. The Morgan fingerprint density at radius 2 is 2.00 bits per heavy atom. The van der Waals surface area contributed by atoms with E-state index in [1.165, 1.54) is 6.08 Å². The summed E-state index contributed by atoms with van der Waals surface area (Å²) in [6.45, 7) is 2.54. The summed E-state index contributed by atoms with van der Waals surface area (Å²) >= 11 is 0. The zero-order valence-electron chi connectivity index (χ0n) is 9.07. The van der Waals surface area contributed by atoms with E-state index in [9.17, 15) is 9.59 Å². The number of carbonyl (C=O) groups is 2. The zero-order chi connectivity index (χ0) is 11.5. The molecule has 0 aromatic heterocycles. The van der Waals surface area contributed by atoms with Gasteiger partial charge in [-0.1, -0.05) is 32.3 Å². The van der Waals surface area contributed by atoms with E-state index >= 15 is 0 Å². The van der Waals surface area contributed by atoms with Crippen LogP contribution in [0.2, 0.25) is 0 Å². The summed E-state index contributed by atoms with van der Waals surface area (Å²) in [5.74, 6) is -1.42. The maximum Gasteiger partial charge on any atom is 0.327 e. The van der Waals surface area contributed by atoms with Crippen LogP contribution in [-0.4, -0.2) is 23.7 Å². The molecule has 0 radical (unpaired) electrons. The number of carbonyl (C=O) groups excluding carboxylic acids is 1. The van der Waals surface area contributed by atoms with Crippen molar-refractivity contribution < 1.29 is 19.4 Å². The molecule has 0 aliphatic rings. The molecule has 0 aliphatic carbocycles. The number of carboxylic acids is 1. The molecule has 0 rings (SSSR count). The molecular weight excluding hydrogens is 196 g/mol. The van der Waals surface area contributed by atoms with Crippen molar-refractivity contribution in [3.8, 4) is 0 Å². The van der Waals surface area contributed by atoms with E-state index in [0.717, 1.165) is 31.8 Å². The number of carboxylic acid groups (broad SMARTS) is 1. The normalized spacial score (nSPS) is 10.5. The van der Waals surface area contributed by atoms with Gasteiger partial charge in [-0.05, 0) is 6.42 Å². The minimum Gasteiger partial charge on any atom is -0.478 e. The van der Waals surface area contributed by atoms with Crippen LogP contribution in [0, 0.1) is 0 Å². The number of hydrogen-bond acceptors (Lipinski definition) is 3. The number of hydrogen-bond donors (Lipinski definition) is 1. The Morgan fingerprint density at radius 1 is 1.27 bits per heavy atom. The van der Waals surface area contributed by atoms with E-state index in [1.807, 2.05) is 0 Å². The highest BCUT2D eigenvalue weighted by atomic mass is 16.5. The van der Waals surface area contributed by atoms with Crippen LogP contribution in [-0.2, 0) is 14.3 Å². The molecule has 0 heterocycles. The van der Waals surface area contributed by atoms with Crippen molar-refractivity contribution >= 4 is 11.9 Å². The average molecular weight is 214 g/mol. The third-order valence-electron chi connectivity index (χ3n) is 1.81. The molecule has 4 nitrogen and oxygen atoms in total. The Balaban J connectivity index is 3.37. The van der Waals surface area contributed by atoms with E-state index in [-0.39, 0.29) is 12.4 Å². The molecule has 0 unspecified atom stereocenters. The molecule has 1 N–H and O–H groups in total. The molecule has 0 amide bonds. The molecule has 0 fully saturated rings. The number of esters is 1. The Bertz CT molecular complexity index is 221. The van der Waals surface area contributed by atoms with Crippen LogP contribution >= 0.6 is 0 Å². The fourth-order valence-corrected chi connectivity index (χ4v) is 1.03. The van der Waals surface area contributed by atoms with Gasteiger partial charge >= 0.3 is 11.9 Å². The molecular formula is C11H18O4. The van der Waals surface area contributed by atoms with Crippen LogP contribution in [0.5, 0.6) is 0 Å². The largest absolute Gasteiger partial charge is 0.478 e. The zero-order valence-corrected chi connectivity index (χ0v) is 9.07.